The maximum Gasteiger partial charge on any atom is 0.269 e. The van der Waals surface area contributed by atoms with Crippen molar-refractivity contribution < 1.29 is 14.5 Å². The second kappa shape index (κ2) is 8.16. The minimum atomic E-state index is -0.409. The van der Waals surface area contributed by atoms with Crippen molar-refractivity contribution >= 4 is 23.2 Å². The van der Waals surface area contributed by atoms with Gasteiger partial charge in [0.25, 0.3) is 5.69 Å². The predicted octanol–water partition coefficient (Wildman–Crippen LogP) is 1.55. The first kappa shape index (κ1) is 18.2. The number of piperazine rings is 1. The van der Waals surface area contributed by atoms with E-state index in [0.29, 0.717) is 45.6 Å². The third kappa shape index (κ3) is 4.71. The first-order chi connectivity index (χ1) is 12.5. The van der Waals surface area contributed by atoms with Gasteiger partial charge in [0.05, 0.1) is 4.92 Å². The van der Waals surface area contributed by atoms with Crippen molar-refractivity contribution in [1.29, 1.82) is 0 Å². The van der Waals surface area contributed by atoms with Crippen LogP contribution in [0.4, 0.5) is 11.4 Å². The molecule has 2 aliphatic rings. The highest BCUT2D eigenvalue weighted by Crippen LogP contribution is 2.28. The van der Waals surface area contributed by atoms with Gasteiger partial charge in [-0.1, -0.05) is 0 Å². The van der Waals surface area contributed by atoms with Gasteiger partial charge < -0.3 is 15.1 Å². The van der Waals surface area contributed by atoms with E-state index in [1.807, 2.05) is 4.90 Å². The van der Waals surface area contributed by atoms with Crippen LogP contribution in [0.25, 0.3) is 0 Å². The molecule has 0 spiro atoms. The third-order valence-electron chi connectivity index (χ3n) is 4.87. The van der Waals surface area contributed by atoms with Gasteiger partial charge in [0.1, 0.15) is 0 Å². The maximum absolute atomic E-state index is 12.3. The van der Waals surface area contributed by atoms with Crippen LogP contribution < -0.4 is 10.2 Å². The van der Waals surface area contributed by atoms with Crippen molar-refractivity contribution in [2.24, 2.45) is 5.92 Å². The van der Waals surface area contributed by atoms with Crippen LogP contribution in [0.1, 0.15) is 25.7 Å². The first-order valence-electron chi connectivity index (χ1n) is 9.09. The van der Waals surface area contributed by atoms with Gasteiger partial charge in [-0.25, -0.2) is 0 Å². The molecule has 3 rings (SSSR count). The predicted molar refractivity (Wildman–Crippen MR) is 96.9 cm³/mol. The fourth-order valence-electron chi connectivity index (χ4n) is 3.10. The summed E-state index contributed by atoms with van der Waals surface area (Å²) in [4.78, 5) is 38.1. The van der Waals surface area contributed by atoms with Gasteiger partial charge in [-0.3, -0.25) is 19.7 Å². The summed E-state index contributed by atoms with van der Waals surface area (Å²) < 4.78 is 0. The number of hydrogen-bond donors (Lipinski definition) is 1. The maximum atomic E-state index is 12.3. The average molecular weight is 360 g/mol. The van der Waals surface area contributed by atoms with Crippen molar-refractivity contribution in [1.82, 2.24) is 10.2 Å². The molecule has 1 N–H and O–H groups in total. The Balaban J connectivity index is 1.37. The number of amides is 2. The minimum absolute atomic E-state index is 0.0799. The number of hydrogen-bond acceptors (Lipinski definition) is 5. The van der Waals surface area contributed by atoms with Crippen molar-refractivity contribution in [3.05, 3.63) is 34.4 Å². The molecule has 1 aromatic carbocycles. The molecule has 8 heteroatoms. The highest BCUT2D eigenvalue weighted by atomic mass is 16.6. The van der Waals surface area contributed by atoms with Crippen LogP contribution in [-0.2, 0) is 9.59 Å². The van der Waals surface area contributed by atoms with Gasteiger partial charge in [-0.15, -0.1) is 0 Å². The van der Waals surface area contributed by atoms with Crippen molar-refractivity contribution in [2.75, 3.05) is 37.6 Å². The molecule has 0 aromatic heterocycles. The van der Waals surface area contributed by atoms with E-state index in [4.69, 9.17) is 0 Å². The van der Waals surface area contributed by atoms with Gasteiger partial charge in [0.2, 0.25) is 11.8 Å². The van der Waals surface area contributed by atoms with E-state index in [-0.39, 0.29) is 23.4 Å². The Morgan fingerprint density at radius 3 is 2.35 bits per heavy atom. The van der Waals surface area contributed by atoms with Gasteiger partial charge in [-0.05, 0) is 31.4 Å². The molecule has 8 nitrogen and oxygen atoms in total. The van der Waals surface area contributed by atoms with Gasteiger partial charge in [-0.2, -0.15) is 0 Å². The molecule has 1 aliphatic heterocycles. The molecule has 1 saturated heterocycles. The van der Waals surface area contributed by atoms with E-state index in [2.05, 4.69) is 10.2 Å². The SMILES string of the molecule is O=C(NCCCC(=O)N1CCN(c2ccc([N+](=O)[O-])cc2)CC1)C1CC1. The van der Waals surface area contributed by atoms with Crippen LogP contribution >= 0.6 is 0 Å². The number of nitrogens with zero attached hydrogens (tertiary/aromatic N) is 3. The topological polar surface area (TPSA) is 95.8 Å². The number of carbonyl (C=O) groups is 2. The van der Waals surface area contributed by atoms with E-state index in [9.17, 15) is 19.7 Å². The lowest BCUT2D eigenvalue weighted by Gasteiger charge is -2.36. The lowest BCUT2D eigenvalue weighted by atomic mass is 10.2. The zero-order chi connectivity index (χ0) is 18.5. The average Bonchev–Trinajstić information content (AvgIpc) is 3.50. The summed E-state index contributed by atoms with van der Waals surface area (Å²) in [5.74, 6) is 0.446. The lowest BCUT2D eigenvalue weighted by Crippen LogP contribution is -2.48. The highest BCUT2D eigenvalue weighted by molar-refractivity contribution is 5.81. The highest BCUT2D eigenvalue weighted by Gasteiger charge is 2.29. The molecular weight excluding hydrogens is 336 g/mol. The molecule has 1 aliphatic carbocycles. The van der Waals surface area contributed by atoms with Crippen LogP contribution in [0.3, 0.4) is 0 Å². The van der Waals surface area contributed by atoms with Crippen LogP contribution in [0.2, 0.25) is 0 Å². The summed E-state index contributed by atoms with van der Waals surface area (Å²) >= 11 is 0. The Bertz CT molecular complexity index is 664. The molecule has 26 heavy (non-hydrogen) atoms. The number of carbonyl (C=O) groups excluding carboxylic acids is 2. The van der Waals surface area contributed by atoms with E-state index in [1.54, 1.807) is 12.1 Å². The number of nitrogens with one attached hydrogen (secondary N) is 1. The summed E-state index contributed by atoms with van der Waals surface area (Å²) in [6.45, 7) is 3.27. The summed E-state index contributed by atoms with van der Waals surface area (Å²) in [5, 5.41) is 13.6. The summed E-state index contributed by atoms with van der Waals surface area (Å²) in [6.07, 6.45) is 3.09. The molecule has 140 valence electrons. The van der Waals surface area contributed by atoms with Crippen LogP contribution in [0.15, 0.2) is 24.3 Å². The Morgan fingerprint density at radius 2 is 1.77 bits per heavy atom. The van der Waals surface area contributed by atoms with Gasteiger partial charge in [0.15, 0.2) is 0 Å². The minimum Gasteiger partial charge on any atom is -0.368 e. The monoisotopic (exact) mass is 360 g/mol. The van der Waals surface area contributed by atoms with Gasteiger partial charge in [0, 0.05) is 62.9 Å². The second-order valence-corrected chi connectivity index (χ2v) is 6.81. The first-order valence-corrected chi connectivity index (χ1v) is 9.09. The number of nitro benzene ring substituents is 1. The van der Waals surface area contributed by atoms with Crippen LogP contribution in [0, 0.1) is 16.0 Å². The second-order valence-electron chi connectivity index (χ2n) is 6.81. The van der Waals surface area contributed by atoms with Crippen LogP contribution in [-0.4, -0.2) is 54.4 Å². The molecule has 1 saturated carbocycles. The zero-order valence-corrected chi connectivity index (χ0v) is 14.7. The van der Waals surface area contributed by atoms with E-state index < -0.39 is 4.92 Å². The number of non-ortho nitro benzene ring substituents is 1. The number of rotatable bonds is 7. The quantitative estimate of drug-likeness (QED) is 0.452. The van der Waals surface area contributed by atoms with E-state index in [1.165, 1.54) is 12.1 Å². The number of nitro groups is 1. The molecule has 0 radical (unpaired) electrons. The summed E-state index contributed by atoms with van der Waals surface area (Å²) in [5.41, 5.74) is 1.02. The molecule has 0 bridgehead atoms. The molecule has 0 unspecified atom stereocenters. The Labute approximate surface area is 152 Å². The fourth-order valence-corrected chi connectivity index (χ4v) is 3.10. The van der Waals surface area contributed by atoms with Crippen LogP contribution in [0.5, 0.6) is 0 Å². The zero-order valence-electron chi connectivity index (χ0n) is 14.7. The molecule has 2 amide bonds. The van der Waals surface area contributed by atoms with Crippen molar-refractivity contribution in [3.8, 4) is 0 Å². The molecule has 2 fully saturated rings. The Hall–Kier alpha value is -2.64. The summed E-state index contributed by atoms with van der Waals surface area (Å²) in [7, 11) is 0. The van der Waals surface area contributed by atoms with E-state index in [0.717, 1.165) is 18.5 Å². The molecule has 1 aromatic rings. The third-order valence-corrected chi connectivity index (χ3v) is 4.87. The normalized spacial score (nSPS) is 17.1. The number of benzene rings is 1. The number of anilines is 1. The Kier molecular flexibility index (Phi) is 5.70. The van der Waals surface area contributed by atoms with Crippen molar-refractivity contribution in [3.63, 3.8) is 0 Å². The summed E-state index contributed by atoms with van der Waals surface area (Å²) in [6, 6.07) is 6.50. The fraction of sp³-hybridized carbons (Fsp3) is 0.556. The van der Waals surface area contributed by atoms with E-state index >= 15 is 0 Å². The largest absolute Gasteiger partial charge is 0.368 e. The van der Waals surface area contributed by atoms with Gasteiger partial charge >= 0.3 is 0 Å². The molecular formula is C18H24N4O4. The smallest absolute Gasteiger partial charge is 0.269 e. The Morgan fingerprint density at radius 1 is 1.12 bits per heavy atom. The standard InChI is InChI=1S/C18H24N4O4/c23-17(2-1-9-19-18(24)14-3-4-14)21-12-10-20(11-13-21)15-5-7-16(8-6-15)22(25)26/h5-8,14H,1-4,9-13H2,(H,19,24). The lowest BCUT2D eigenvalue weighted by molar-refractivity contribution is -0.384. The molecule has 0 atom stereocenters. The van der Waals surface area contributed by atoms with Crippen molar-refractivity contribution in [2.45, 2.75) is 25.7 Å². The molecule has 1 heterocycles.